The number of hydrogen-bond acceptors (Lipinski definition) is 3. The Morgan fingerprint density at radius 1 is 1.11 bits per heavy atom. The summed E-state index contributed by atoms with van der Waals surface area (Å²) >= 11 is 0. The normalized spacial score (nSPS) is 10.9. The number of nitrogens with one attached hydrogen (secondary N) is 1. The van der Waals surface area contributed by atoms with Crippen molar-refractivity contribution >= 4 is 11.6 Å². The molecule has 1 amide bonds. The average Bonchev–Trinajstić information content (AvgIpc) is 3.13. The van der Waals surface area contributed by atoms with E-state index in [1.165, 1.54) is 5.56 Å². The minimum absolute atomic E-state index is 0.233. The average molecular weight is 363 g/mol. The molecule has 0 radical (unpaired) electrons. The number of amides is 1. The predicted molar refractivity (Wildman–Crippen MR) is 107 cm³/mol. The van der Waals surface area contributed by atoms with Gasteiger partial charge in [0.05, 0.1) is 0 Å². The number of rotatable bonds is 6. The van der Waals surface area contributed by atoms with Crippen molar-refractivity contribution in [3.05, 3.63) is 77.1 Å². The molecular weight excluding hydrogens is 338 g/mol. The molecule has 0 fully saturated rings. The maximum atomic E-state index is 12.4. The summed E-state index contributed by atoms with van der Waals surface area (Å²) in [5, 5.41) is 7.21. The molecule has 0 unspecified atom stereocenters. The summed E-state index contributed by atoms with van der Waals surface area (Å²) < 4.78 is 7.35. The molecular formula is C22H25N3O2. The Morgan fingerprint density at radius 3 is 2.56 bits per heavy atom. The van der Waals surface area contributed by atoms with Crippen molar-refractivity contribution in [1.29, 1.82) is 0 Å². The first kappa shape index (κ1) is 18.7. The summed E-state index contributed by atoms with van der Waals surface area (Å²) in [4.78, 5) is 12.4. The Labute approximate surface area is 160 Å². The van der Waals surface area contributed by atoms with E-state index < -0.39 is 0 Å². The highest BCUT2D eigenvalue weighted by Crippen LogP contribution is 2.20. The van der Waals surface area contributed by atoms with Crippen LogP contribution in [0.5, 0.6) is 5.75 Å². The molecule has 5 nitrogen and oxygen atoms in total. The maximum absolute atomic E-state index is 12.4. The van der Waals surface area contributed by atoms with Crippen molar-refractivity contribution in [2.24, 2.45) is 0 Å². The largest absolute Gasteiger partial charge is 0.471 e. The zero-order valence-electron chi connectivity index (χ0n) is 16.2. The molecule has 0 saturated carbocycles. The van der Waals surface area contributed by atoms with Crippen molar-refractivity contribution in [2.45, 2.75) is 40.3 Å². The fourth-order valence-corrected chi connectivity index (χ4v) is 2.72. The number of benzene rings is 2. The van der Waals surface area contributed by atoms with Crippen LogP contribution in [0.25, 0.3) is 0 Å². The van der Waals surface area contributed by atoms with Crippen molar-refractivity contribution in [1.82, 2.24) is 9.78 Å². The van der Waals surface area contributed by atoms with Crippen LogP contribution >= 0.6 is 0 Å². The molecule has 3 rings (SSSR count). The summed E-state index contributed by atoms with van der Waals surface area (Å²) in [6.45, 7) is 8.57. The van der Waals surface area contributed by atoms with Crippen LogP contribution in [0.4, 0.5) is 5.69 Å². The smallest absolute Gasteiger partial charge is 0.276 e. The van der Waals surface area contributed by atoms with Gasteiger partial charge in [0, 0.05) is 11.9 Å². The summed E-state index contributed by atoms with van der Waals surface area (Å²) in [5.41, 5.74) is 4.62. The lowest BCUT2D eigenvalue weighted by atomic mass is 10.0. The van der Waals surface area contributed by atoms with Gasteiger partial charge < -0.3 is 10.1 Å². The second kappa shape index (κ2) is 8.08. The molecule has 27 heavy (non-hydrogen) atoms. The first-order valence-corrected chi connectivity index (χ1v) is 9.08. The van der Waals surface area contributed by atoms with Crippen LogP contribution in [-0.4, -0.2) is 15.7 Å². The molecule has 3 aromatic rings. The number of carbonyl (C=O) groups excluding carboxylic acids is 1. The fourth-order valence-electron chi connectivity index (χ4n) is 2.72. The number of aromatic nitrogens is 2. The first-order chi connectivity index (χ1) is 12.9. The van der Waals surface area contributed by atoms with E-state index in [1.54, 1.807) is 16.9 Å². The van der Waals surface area contributed by atoms with Crippen molar-refractivity contribution in [2.75, 3.05) is 5.32 Å². The molecule has 0 spiro atoms. The number of aryl methyl sites for hydroxylation is 1. The van der Waals surface area contributed by atoms with E-state index >= 15 is 0 Å². The Bertz CT molecular complexity index is 927. The molecule has 0 saturated heterocycles. The van der Waals surface area contributed by atoms with Crippen LogP contribution in [0.1, 0.15) is 46.9 Å². The number of carbonyl (C=O) groups is 1. The van der Waals surface area contributed by atoms with Gasteiger partial charge >= 0.3 is 0 Å². The third-order valence-electron chi connectivity index (χ3n) is 4.64. The molecule has 0 aliphatic rings. The maximum Gasteiger partial charge on any atom is 0.276 e. The van der Waals surface area contributed by atoms with Crippen LogP contribution in [0, 0.1) is 13.8 Å². The van der Waals surface area contributed by atoms with Gasteiger partial charge in [0.15, 0.2) is 12.4 Å². The summed E-state index contributed by atoms with van der Waals surface area (Å²) in [6, 6.07) is 15.5. The van der Waals surface area contributed by atoms with Gasteiger partial charge in [-0.15, -0.1) is 0 Å². The Morgan fingerprint density at radius 2 is 1.85 bits per heavy atom. The third kappa shape index (κ3) is 4.56. The highest BCUT2D eigenvalue weighted by molar-refractivity contribution is 6.03. The van der Waals surface area contributed by atoms with E-state index in [0.717, 1.165) is 22.6 Å². The minimum atomic E-state index is -0.233. The first-order valence-electron chi connectivity index (χ1n) is 9.08. The topological polar surface area (TPSA) is 56.2 Å². The van der Waals surface area contributed by atoms with E-state index in [4.69, 9.17) is 4.74 Å². The van der Waals surface area contributed by atoms with Crippen molar-refractivity contribution in [3.8, 4) is 5.75 Å². The number of nitrogens with zero attached hydrogens (tertiary/aromatic N) is 2. The fraction of sp³-hybridized carbons (Fsp3) is 0.273. The molecule has 140 valence electrons. The molecule has 1 heterocycles. The van der Waals surface area contributed by atoms with Crippen LogP contribution in [0.2, 0.25) is 0 Å². The van der Waals surface area contributed by atoms with Gasteiger partial charge in [-0.05, 0) is 60.7 Å². The Balaban J connectivity index is 1.60. The lowest BCUT2D eigenvalue weighted by Gasteiger charge is -2.09. The minimum Gasteiger partial charge on any atom is -0.471 e. The molecule has 0 bridgehead atoms. The van der Waals surface area contributed by atoms with Gasteiger partial charge in [0.25, 0.3) is 5.91 Å². The zero-order chi connectivity index (χ0) is 19.4. The van der Waals surface area contributed by atoms with Gasteiger partial charge in [-0.25, -0.2) is 4.68 Å². The highest BCUT2D eigenvalue weighted by Gasteiger charge is 2.12. The standard InChI is InChI=1S/C22H25N3O2/c1-15(2)18-8-10-19(11-9-18)27-14-25-13-12-21(24-25)22(26)23-20-7-5-6-16(3)17(20)4/h5-13,15H,14H2,1-4H3,(H,23,26). The molecule has 0 aliphatic heterocycles. The molecule has 1 N–H and O–H groups in total. The van der Waals surface area contributed by atoms with E-state index in [9.17, 15) is 4.79 Å². The van der Waals surface area contributed by atoms with E-state index in [2.05, 4.69) is 36.4 Å². The van der Waals surface area contributed by atoms with Crippen LogP contribution in [-0.2, 0) is 6.73 Å². The predicted octanol–water partition coefficient (Wildman–Crippen LogP) is 4.91. The van der Waals surface area contributed by atoms with Gasteiger partial charge in [0.2, 0.25) is 0 Å². The monoisotopic (exact) mass is 363 g/mol. The van der Waals surface area contributed by atoms with E-state index in [-0.39, 0.29) is 12.6 Å². The summed E-state index contributed by atoms with van der Waals surface area (Å²) in [6.07, 6.45) is 1.74. The van der Waals surface area contributed by atoms with Crippen LogP contribution in [0.3, 0.4) is 0 Å². The van der Waals surface area contributed by atoms with Gasteiger partial charge in [-0.3, -0.25) is 4.79 Å². The summed E-state index contributed by atoms with van der Waals surface area (Å²) in [5.74, 6) is 1.03. The van der Waals surface area contributed by atoms with Crippen molar-refractivity contribution < 1.29 is 9.53 Å². The van der Waals surface area contributed by atoms with Crippen LogP contribution in [0.15, 0.2) is 54.7 Å². The number of ether oxygens (including phenoxy) is 1. The summed E-state index contributed by atoms with van der Waals surface area (Å²) in [7, 11) is 0. The highest BCUT2D eigenvalue weighted by atomic mass is 16.5. The van der Waals surface area contributed by atoms with Gasteiger partial charge in [0.1, 0.15) is 5.75 Å². The molecule has 1 aromatic heterocycles. The van der Waals surface area contributed by atoms with E-state index in [0.29, 0.717) is 11.6 Å². The lowest BCUT2D eigenvalue weighted by molar-refractivity contribution is 0.102. The quantitative estimate of drug-likeness (QED) is 0.677. The second-order valence-corrected chi connectivity index (χ2v) is 6.94. The Kier molecular flexibility index (Phi) is 5.60. The number of anilines is 1. The van der Waals surface area contributed by atoms with Gasteiger partial charge in [-0.2, -0.15) is 5.10 Å². The third-order valence-corrected chi connectivity index (χ3v) is 4.64. The zero-order valence-corrected chi connectivity index (χ0v) is 16.2. The second-order valence-electron chi connectivity index (χ2n) is 6.94. The molecule has 0 aliphatic carbocycles. The van der Waals surface area contributed by atoms with Crippen molar-refractivity contribution in [3.63, 3.8) is 0 Å². The molecule has 5 heteroatoms. The van der Waals surface area contributed by atoms with E-state index in [1.807, 2.05) is 44.2 Å². The van der Waals surface area contributed by atoms with Crippen LogP contribution < -0.4 is 10.1 Å². The Hall–Kier alpha value is -3.08. The van der Waals surface area contributed by atoms with Gasteiger partial charge in [-0.1, -0.05) is 38.1 Å². The SMILES string of the molecule is Cc1cccc(NC(=O)c2ccn(COc3ccc(C(C)C)cc3)n2)c1C. The molecule has 0 atom stereocenters. The number of hydrogen-bond donors (Lipinski definition) is 1. The lowest BCUT2D eigenvalue weighted by Crippen LogP contribution is -2.15. The molecule has 2 aromatic carbocycles.